The summed E-state index contributed by atoms with van der Waals surface area (Å²) in [6.45, 7) is 6.37. The first-order valence-electron chi connectivity index (χ1n) is 7.47. The minimum atomic E-state index is -4.36. The molecule has 1 aliphatic rings. The number of alkyl halides is 3. The van der Waals surface area contributed by atoms with E-state index in [1.807, 2.05) is 0 Å². The Balaban J connectivity index is 1.90. The molecule has 1 aromatic rings. The predicted octanol–water partition coefficient (Wildman–Crippen LogP) is 4.13. The number of likely N-dealkylation sites (tertiary alicyclic amines) is 1. The monoisotopic (exact) mass is 330 g/mol. The van der Waals surface area contributed by atoms with E-state index >= 15 is 0 Å². The highest BCUT2D eigenvalue weighted by Gasteiger charge is 2.35. The Hall–Kier alpha value is -1.92. The van der Waals surface area contributed by atoms with Crippen molar-refractivity contribution >= 4 is 11.8 Å². The Morgan fingerprint density at radius 2 is 2.04 bits per heavy atom. The van der Waals surface area contributed by atoms with Crippen molar-refractivity contribution < 1.29 is 22.7 Å². The number of hydrogen-bond donors (Lipinski definition) is 1. The first-order chi connectivity index (χ1) is 10.6. The van der Waals surface area contributed by atoms with Gasteiger partial charge >= 0.3 is 12.3 Å². The molecule has 0 saturated carbocycles. The number of carbonyl (C=O) groups excluding carboxylic acids is 1. The lowest BCUT2D eigenvalue weighted by Crippen LogP contribution is -2.55. The second-order valence-corrected chi connectivity index (χ2v) is 6.58. The van der Waals surface area contributed by atoms with Crippen LogP contribution >= 0.6 is 0 Å². The van der Waals surface area contributed by atoms with Crippen LogP contribution in [0.1, 0.15) is 32.8 Å². The van der Waals surface area contributed by atoms with Gasteiger partial charge in [-0.3, -0.25) is 0 Å². The van der Waals surface area contributed by atoms with Gasteiger partial charge in [0.15, 0.2) is 0 Å². The molecular weight excluding hydrogens is 309 g/mol. The van der Waals surface area contributed by atoms with Crippen molar-refractivity contribution in [2.45, 2.75) is 45.0 Å². The zero-order valence-electron chi connectivity index (χ0n) is 13.4. The lowest BCUT2D eigenvalue weighted by Gasteiger charge is -2.41. The van der Waals surface area contributed by atoms with Crippen LogP contribution in [0.25, 0.3) is 0 Å². The van der Waals surface area contributed by atoms with Gasteiger partial charge in [-0.25, -0.2) is 4.79 Å². The zero-order valence-corrected chi connectivity index (χ0v) is 13.4. The zero-order chi connectivity index (χ0) is 17.3. The fourth-order valence-electron chi connectivity index (χ4n) is 2.26. The number of rotatable bonds is 3. The van der Waals surface area contributed by atoms with Gasteiger partial charge < -0.3 is 15.0 Å². The second kappa shape index (κ2) is 6.29. The molecule has 1 saturated heterocycles. The van der Waals surface area contributed by atoms with Crippen LogP contribution in [0.4, 0.5) is 23.7 Å². The normalized spacial score (nSPS) is 18.3. The van der Waals surface area contributed by atoms with Gasteiger partial charge in [0.1, 0.15) is 5.60 Å². The van der Waals surface area contributed by atoms with Gasteiger partial charge in [-0.2, -0.15) is 13.2 Å². The molecule has 1 aliphatic heterocycles. The van der Waals surface area contributed by atoms with E-state index in [0.717, 1.165) is 18.6 Å². The minimum Gasteiger partial charge on any atom is -0.444 e. The number of nitrogens with zero attached hydrogens (tertiary/aromatic N) is 1. The third-order valence-electron chi connectivity index (χ3n) is 3.50. The van der Waals surface area contributed by atoms with Gasteiger partial charge in [0.2, 0.25) is 0 Å². The average Bonchev–Trinajstić information content (AvgIpc) is 2.34. The molecule has 1 N–H and O–H groups in total. The molecule has 1 unspecified atom stereocenters. The Bertz CT molecular complexity index is 567. The summed E-state index contributed by atoms with van der Waals surface area (Å²) in [5.41, 5.74) is -0.873. The number of carbonyl (C=O) groups is 1. The van der Waals surface area contributed by atoms with Crippen LogP contribution in [0.5, 0.6) is 0 Å². The van der Waals surface area contributed by atoms with Crippen LogP contribution in [0.3, 0.4) is 0 Å². The number of benzene rings is 1. The molecule has 0 aromatic heterocycles. The summed E-state index contributed by atoms with van der Waals surface area (Å²) in [6.07, 6.45) is -3.96. The van der Waals surface area contributed by atoms with Crippen LogP contribution in [0.15, 0.2) is 24.3 Å². The first-order valence-corrected chi connectivity index (χ1v) is 7.47. The van der Waals surface area contributed by atoms with E-state index in [4.69, 9.17) is 4.74 Å². The maximum absolute atomic E-state index is 12.7. The van der Waals surface area contributed by atoms with Crippen LogP contribution in [-0.2, 0) is 10.9 Å². The molecule has 4 nitrogen and oxygen atoms in total. The van der Waals surface area contributed by atoms with Gasteiger partial charge in [-0.1, -0.05) is 6.07 Å². The fraction of sp³-hybridized carbons (Fsp3) is 0.562. The molecule has 0 bridgehead atoms. The standard InChI is InChI=1S/C16H21F3N2O2/c1-15(2,3)23-14(22)21-8-7-13(21)10-20-12-6-4-5-11(9-12)16(17,18)19/h4-6,9,13,20H,7-8,10H2,1-3H3. The van der Waals surface area contributed by atoms with Crippen molar-refractivity contribution in [3.8, 4) is 0 Å². The van der Waals surface area contributed by atoms with Gasteiger partial charge in [0.25, 0.3) is 0 Å². The Morgan fingerprint density at radius 3 is 2.57 bits per heavy atom. The summed E-state index contributed by atoms with van der Waals surface area (Å²) in [5, 5.41) is 2.96. The van der Waals surface area contributed by atoms with Gasteiger partial charge in [0, 0.05) is 18.8 Å². The molecular formula is C16H21F3N2O2. The summed E-state index contributed by atoms with van der Waals surface area (Å²) >= 11 is 0. The van der Waals surface area contributed by atoms with E-state index in [0.29, 0.717) is 18.8 Å². The first kappa shape index (κ1) is 17.4. The molecule has 0 aliphatic carbocycles. The van der Waals surface area contributed by atoms with Crippen molar-refractivity contribution in [3.63, 3.8) is 0 Å². The van der Waals surface area contributed by atoms with Crippen molar-refractivity contribution in [3.05, 3.63) is 29.8 Å². The van der Waals surface area contributed by atoms with Crippen molar-refractivity contribution in [2.24, 2.45) is 0 Å². The Labute approximate surface area is 133 Å². The number of hydrogen-bond acceptors (Lipinski definition) is 3. The minimum absolute atomic E-state index is 0.0700. The number of amides is 1. The number of ether oxygens (including phenoxy) is 1. The number of anilines is 1. The predicted molar refractivity (Wildman–Crippen MR) is 81.3 cm³/mol. The van der Waals surface area contributed by atoms with Crippen LogP contribution in [0.2, 0.25) is 0 Å². The molecule has 0 radical (unpaired) electrons. The van der Waals surface area contributed by atoms with Gasteiger partial charge in [-0.05, 0) is 45.4 Å². The van der Waals surface area contributed by atoms with E-state index < -0.39 is 17.3 Å². The SMILES string of the molecule is CC(C)(C)OC(=O)N1CCC1CNc1cccc(C(F)(F)F)c1. The highest BCUT2D eigenvalue weighted by molar-refractivity contribution is 5.69. The third-order valence-corrected chi connectivity index (χ3v) is 3.50. The quantitative estimate of drug-likeness (QED) is 0.906. The van der Waals surface area contributed by atoms with Gasteiger partial charge in [-0.15, -0.1) is 0 Å². The van der Waals surface area contributed by atoms with Gasteiger partial charge in [0.05, 0.1) is 11.6 Å². The average molecular weight is 330 g/mol. The molecule has 2 rings (SSSR count). The number of nitrogens with one attached hydrogen (secondary N) is 1. The molecule has 128 valence electrons. The smallest absolute Gasteiger partial charge is 0.416 e. The lowest BCUT2D eigenvalue weighted by atomic mass is 10.0. The maximum Gasteiger partial charge on any atom is 0.416 e. The second-order valence-electron chi connectivity index (χ2n) is 6.58. The van der Waals surface area contributed by atoms with Crippen molar-refractivity contribution in [1.82, 2.24) is 4.90 Å². The summed E-state index contributed by atoms with van der Waals surface area (Å²) in [5.74, 6) is 0. The lowest BCUT2D eigenvalue weighted by molar-refractivity contribution is -0.137. The largest absolute Gasteiger partial charge is 0.444 e. The maximum atomic E-state index is 12.7. The van der Waals surface area contributed by atoms with E-state index in [9.17, 15) is 18.0 Å². The van der Waals surface area contributed by atoms with Crippen molar-refractivity contribution in [1.29, 1.82) is 0 Å². The van der Waals surface area contributed by atoms with Crippen molar-refractivity contribution in [2.75, 3.05) is 18.4 Å². The van der Waals surface area contributed by atoms with Crippen LogP contribution < -0.4 is 5.32 Å². The fourth-order valence-corrected chi connectivity index (χ4v) is 2.26. The highest BCUT2D eigenvalue weighted by Crippen LogP contribution is 2.31. The molecule has 1 amide bonds. The number of halogens is 3. The summed E-state index contributed by atoms with van der Waals surface area (Å²) in [7, 11) is 0. The van der Waals surface area contributed by atoms with E-state index in [1.54, 1.807) is 31.7 Å². The topological polar surface area (TPSA) is 41.6 Å². The third kappa shape index (κ3) is 4.77. The molecule has 1 fully saturated rings. The molecule has 0 spiro atoms. The Morgan fingerprint density at radius 1 is 1.35 bits per heavy atom. The molecule has 1 aromatic carbocycles. The van der Waals surface area contributed by atoms with E-state index in [-0.39, 0.29) is 12.1 Å². The summed E-state index contributed by atoms with van der Waals surface area (Å²) in [4.78, 5) is 13.6. The molecule has 23 heavy (non-hydrogen) atoms. The molecule has 1 heterocycles. The molecule has 1 atom stereocenters. The Kier molecular flexibility index (Phi) is 4.77. The summed E-state index contributed by atoms with van der Waals surface area (Å²) < 4.78 is 43.3. The van der Waals surface area contributed by atoms with Crippen LogP contribution in [-0.4, -0.2) is 35.7 Å². The van der Waals surface area contributed by atoms with E-state index in [2.05, 4.69) is 5.32 Å². The summed E-state index contributed by atoms with van der Waals surface area (Å²) in [6, 6.07) is 4.96. The highest BCUT2D eigenvalue weighted by atomic mass is 19.4. The van der Waals surface area contributed by atoms with Crippen LogP contribution in [0, 0.1) is 0 Å². The van der Waals surface area contributed by atoms with E-state index in [1.165, 1.54) is 6.07 Å². The molecule has 7 heteroatoms.